The highest BCUT2D eigenvalue weighted by atomic mass is 19.3. The number of benzene rings is 1. The van der Waals surface area contributed by atoms with Gasteiger partial charge in [0.25, 0.3) is 6.43 Å². The number of carbonyl (C=O) groups excluding carboxylic acids is 1. The first kappa shape index (κ1) is 31.1. The van der Waals surface area contributed by atoms with E-state index in [2.05, 4.69) is 28.6 Å². The topological polar surface area (TPSA) is 85.6 Å². The summed E-state index contributed by atoms with van der Waals surface area (Å²) in [5.74, 6) is 1.74. The number of morpholine rings is 1. The van der Waals surface area contributed by atoms with Gasteiger partial charge in [0.1, 0.15) is 17.2 Å². The summed E-state index contributed by atoms with van der Waals surface area (Å²) in [6.45, 7) is 13.1. The maximum atomic E-state index is 14.3. The van der Waals surface area contributed by atoms with Crippen molar-refractivity contribution in [3.05, 3.63) is 36.2 Å². The molecule has 0 radical (unpaired) electrons. The Morgan fingerprint density at radius 2 is 1.77 bits per heavy atom. The average Bonchev–Trinajstić information content (AvgIpc) is 3.36. The average molecular weight is 599 g/mol. The highest BCUT2D eigenvalue weighted by molar-refractivity contribution is 5.78. The Balaban J connectivity index is 1.50. The zero-order valence-electron chi connectivity index (χ0n) is 25.9. The second-order valence-electron chi connectivity index (χ2n) is 13.1. The molecule has 1 aliphatic heterocycles. The van der Waals surface area contributed by atoms with E-state index in [0.717, 1.165) is 32.2 Å². The monoisotopic (exact) mass is 598 g/mol. The first-order valence-electron chi connectivity index (χ1n) is 15.4. The van der Waals surface area contributed by atoms with Crippen molar-refractivity contribution < 1.29 is 23.0 Å². The van der Waals surface area contributed by atoms with E-state index >= 15 is 0 Å². The van der Waals surface area contributed by atoms with E-state index in [4.69, 9.17) is 19.4 Å². The molecule has 2 fully saturated rings. The van der Waals surface area contributed by atoms with Crippen molar-refractivity contribution in [1.29, 1.82) is 0 Å². The fourth-order valence-electron chi connectivity index (χ4n) is 6.11. The maximum absolute atomic E-state index is 14.3. The second kappa shape index (κ2) is 13.1. The van der Waals surface area contributed by atoms with E-state index in [1.54, 1.807) is 18.2 Å². The van der Waals surface area contributed by atoms with Crippen LogP contribution in [0.25, 0.3) is 16.9 Å². The minimum absolute atomic E-state index is 0.145. The molecule has 0 bridgehead atoms. The van der Waals surface area contributed by atoms with Gasteiger partial charge in [-0.3, -0.25) is 9.36 Å². The van der Waals surface area contributed by atoms with Gasteiger partial charge >= 0.3 is 5.97 Å². The summed E-state index contributed by atoms with van der Waals surface area (Å²) in [5.41, 5.74) is 0.581. The molecule has 0 unspecified atom stereocenters. The van der Waals surface area contributed by atoms with Gasteiger partial charge in [-0.15, -0.1) is 0 Å². The van der Waals surface area contributed by atoms with Crippen LogP contribution in [0, 0.1) is 11.8 Å². The third-order valence-electron chi connectivity index (χ3n) is 7.98. The molecule has 11 heteroatoms. The Labute approximate surface area is 252 Å². The minimum atomic E-state index is -2.77. The largest absolute Gasteiger partial charge is 0.460 e. The highest BCUT2D eigenvalue weighted by Crippen LogP contribution is 2.35. The summed E-state index contributed by atoms with van der Waals surface area (Å²) in [4.78, 5) is 31.0. The molecule has 0 N–H and O–H groups in total. The van der Waals surface area contributed by atoms with Crippen LogP contribution < -0.4 is 9.80 Å². The number of imidazole rings is 1. The van der Waals surface area contributed by atoms with Crippen molar-refractivity contribution in [2.45, 2.75) is 84.8 Å². The molecule has 0 amide bonds. The van der Waals surface area contributed by atoms with Crippen molar-refractivity contribution in [3.8, 4) is 5.82 Å². The third kappa shape index (κ3) is 7.60. The normalized spacial score (nSPS) is 19.8. The number of fused-ring (bicyclic) bond motifs is 1. The number of rotatable bonds is 9. The Hall–Kier alpha value is -3.34. The van der Waals surface area contributed by atoms with Crippen molar-refractivity contribution >= 4 is 28.8 Å². The van der Waals surface area contributed by atoms with Crippen LogP contribution in [0.1, 0.15) is 79.0 Å². The van der Waals surface area contributed by atoms with E-state index in [1.165, 1.54) is 4.57 Å². The lowest BCUT2D eigenvalue weighted by atomic mass is 9.83. The zero-order valence-corrected chi connectivity index (χ0v) is 25.9. The Kier molecular flexibility index (Phi) is 9.48. The number of hydrogen-bond acceptors (Lipinski definition) is 8. The van der Waals surface area contributed by atoms with Gasteiger partial charge in [0.15, 0.2) is 5.82 Å². The fraction of sp³-hybridized carbons (Fsp3) is 0.625. The molecule has 43 heavy (non-hydrogen) atoms. The van der Waals surface area contributed by atoms with Gasteiger partial charge < -0.3 is 19.3 Å². The molecule has 2 aromatic heterocycles. The molecule has 3 heterocycles. The smallest absolute Gasteiger partial charge is 0.306 e. The Morgan fingerprint density at radius 1 is 1.07 bits per heavy atom. The second-order valence-corrected chi connectivity index (χ2v) is 13.1. The number of anilines is 2. The molecule has 1 saturated heterocycles. The highest BCUT2D eigenvalue weighted by Gasteiger charge is 2.31. The summed E-state index contributed by atoms with van der Waals surface area (Å²) < 4.78 is 41.3. The number of esters is 1. The molecule has 1 aromatic carbocycles. The van der Waals surface area contributed by atoms with Crippen molar-refractivity contribution in [2.75, 3.05) is 42.6 Å². The number of nitrogens with zero attached hydrogens (tertiary/aromatic N) is 6. The number of hydrogen-bond donors (Lipinski definition) is 0. The molecule has 1 aliphatic carbocycles. The van der Waals surface area contributed by atoms with Crippen LogP contribution in [-0.4, -0.2) is 70.0 Å². The molecule has 9 nitrogen and oxygen atoms in total. The first-order chi connectivity index (χ1) is 20.5. The lowest BCUT2D eigenvalue weighted by molar-refractivity contribution is -0.156. The summed E-state index contributed by atoms with van der Waals surface area (Å²) >= 11 is 0. The summed E-state index contributed by atoms with van der Waals surface area (Å²) in [6, 6.07) is 9.18. The SMILES string of the molecule is CC(C)CN(c1cc(-n2c(C(F)F)nc3ccccc32)nc(N2CCOCC2)n1)C1CCC(CC(=O)OC(C)(C)C)CC1. The lowest BCUT2D eigenvalue weighted by Gasteiger charge is -2.39. The van der Waals surface area contributed by atoms with E-state index in [0.29, 0.717) is 67.3 Å². The molecular formula is C32H44F2N6O3. The predicted molar refractivity (Wildman–Crippen MR) is 163 cm³/mol. The predicted octanol–water partition coefficient (Wildman–Crippen LogP) is 6.34. The van der Waals surface area contributed by atoms with Crippen molar-refractivity contribution in [2.24, 2.45) is 11.8 Å². The van der Waals surface area contributed by atoms with Gasteiger partial charge in [-0.2, -0.15) is 9.97 Å². The molecule has 3 aromatic rings. The van der Waals surface area contributed by atoms with Crippen LogP contribution >= 0.6 is 0 Å². The zero-order chi connectivity index (χ0) is 30.7. The van der Waals surface area contributed by atoms with E-state index in [1.807, 2.05) is 32.9 Å². The van der Waals surface area contributed by atoms with Crippen LogP contribution in [0.3, 0.4) is 0 Å². The van der Waals surface area contributed by atoms with Crippen molar-refractivity contribution in [1.82, 2.24) is 19.5 Å². The minimum Gasteiger partial charge on any atom is -0.460 e. The van der Waals surface area contributed by atoms with Crippen molar-refractivity contribution in [3.63, 3.8) is 0 Å². The van der Waals surface area contributed by atoms with Gasteiger partial charge in [-0.1, -0.05) is 26.0 Å². The lowest BCUT2D eigenvalue weighted by Crippen LogP contribution is -2.42. The number of aromatic nitrogens is 4. The van der Waals surface area contributed by atoms with Crippen LogP contribution in [-0.2, 0) is 14.3 Å². The molecule has 1 saturated carbocycles. The number of ether oxygens (including phenoxy) is 2. The summed E-state index contributed by atoms with van der Waals surface area (Å²) in [6.07, 6.45) is 1.29. The third-order valence-corrected chi connectivity index (χ3v) is 7.98. The van der Waals surface area contributed by atoms with E-state index < -0.39 is 12.0 Å². The Morgan fingerprint density at radius 3 is 2.42 bits per heavy atom. The van der Waals surface area contributed by atoms with Crippen LogP contribution in [0.15, 0.2) is 30.3 Å². The molecule has 234 valence electrons. The van der Waals surface area contributed by atoms with Gasteiger partial charge in [0.2, 0.25) is 5.95 Å². The van der Waals surface area contributed by atoms with E-state index in [-0.39, 0.29) is 23.8 Å². The van der Waals surface area contributed by atoms with Gasteiger partial charge in [0, 0.05) is 38.2 Å². The molecule has 5 rings (SSSR count). The maximum Gasteiger partial charge on any atom is 0.306 e. The molecule has 2 aliphatic rings. The van der Waals surface area contributed by atoms with Crippen LogP contribution in [0.2, 0.25) is 0 Å². The quantitative estimate of drug-likeness (QED) is 0.264. The van der Waals surface area contributed by atoms with Gasteiger partial charge in [0.05, 0.1) is 24.2 Å². The number of para-hydroxylation sites is 2. The van der Waals surface area contributed by atoms with Gasteiger partial charge in [-0.25, -0.2) is 13.8 Å². The molecule has 0 spiro atoms. The summed E-state index contributed by atoms with van der Waals surface area (Å²) in [5, 5.41) is 0. The number of alkyl halides is 2. The van der Waals surface area contributed by atoms with Gasteiger partial charge in [-0.05, 0) is 70.4 Å². The Bertz CT molecular complexity index is 1390. The van der Waals surface area contributed by atoms with E-state index in [9.17, 15) is 13.6 Å². The van der Waals surface area contributed by atoms with Crippen LogP contribution in [0.4, 0.5) is 20.5 Å². The number of carbonyl (C=O) groups is 1. The summed E-state index contributed by atoms with van der Waals surface area (Å²) in [7, 11) is 0. The standard InChI is InChI=1S/C32H44F2N6O3/c1-21(2)20-39(23-12-10-22(11-13-23)18-28(41)43-32(3,4)5)26-19-27(37-31(36-26)38-14-16-42-17-15-38)40-25-9-7-6-8-24(25)35-30(40)29(33)34/h6-9,19,21-23,29H,10-18,20H2,1-5H3. The fourth-order valence-corrected chi connectivity index (χ4v) is 6.11. The number of halogens is 2. The van der Waals surface area contributed by atoms with Crippen LogP contribution in [0.5, 0.6) is 0 Å². The first-order valence-corrected chi connectivity index (χ1v) is 15.4. The molecular weight excluding hydrogens is 554 g/mol. The molecule has 0 atom stereocenters.